The van der Waals surface area contributed by atoms with E-state index < -0.39 is 29.0 Å². The van der Waals surface area contributed by atoms with Crippen molar-refractivity contribution in [3.8, 4) is 0 Å². The summed E-state index contributed by atoms with van der Waals surface area (Å²) in [6.07, 6.45) is 0. The van der Waals surface area contributed by atoms with Crippen molar-refractivity contribution >= 4 is 29.1 Å². The van der Waals surface area contributed by atoms with Gasteiger partial charge in [-0.1, -0.05) is 23.7 Å². The molecule has 1 saturated heterocycles. The van der Waals surface area contributed by atoms with E-state index in [9.17, 15) is 9.59 Å². The van der Waals surface area contributed by atoms with Crippen molar-refractivity contribution in [3.63, 3.8) is 0 Å². The quantitative estimate of drug-likeness (QED) is 0.462. The first-order valence-electron chi connectivity index (χ1n) is 12.0. The van der Waals surface area contributed by atoms with Crippen molar-refractivity contribution in [1.29, 1.82) is 0 Å². The molecule has 9 nitrogen and oxygen atoms in total. The summed E-state index contributed by atoms with van der Waals surface area (Å²) in [6, 6.07) is 9.26. The molecule has 1 spiro atoms. The van der Waals surface area contributed by atoms with Gasteiger partial charge in [0.2, 0.25) is 5.82 Å². The van der Waals surface area contributed by atoms with Crippen LogP contribution in [0.1, 0.15) is 37.8 Å². The van der Waals surface area contributed by atoms with Crippen LogP contribution in [0.4, 0.5) is 14.5 Å². The van der Waals surface area contributed by atoms with Gasteiger partial charge in [0.25, 0.3) is 11.8 Å². The number of amides is 2. The topological polar surface area (TPSA) is 106 Å². The molecule has 3 N–H and O–H groups in total. The number of carbonyl (C=O) groups excluding carboxylic acids is 2. The number of halogens is 3. The Labute approximate surface area is 223 Å². The van der Waals surface area contributed by atoms with E-state index in [1.165, 1.54) is 19.0 Å². The van der Waals surface area contributed by atoms with Gasteiger partial charge in [0.05, 0.1) is 18.9 Å². The Morgan fingerprint density at radius 3 is 2.39 bits per heavy atom. The van der Waals surface area contributed by atoms with Crippen LogP contribution >= 0.6 is 11.6 Å². The Bertz CT molecular complexity index is 1380. The predicted octanol–water partition coefficient (Wildman–Crippen LogP) is 2.77. The van der Waals surface area contributed by atoms with Crippen LogP contribution in [0.5, 0.6) is 0 Å². The second-order valence-corrected chi connectivity index (χ2v) is 10.1. The highest BCUT2D eigenvalue weighted by Gasteiger charge is 2.52. The molecule has 2 aliphatic rings. The third-order valence-electron chi connectivity index (χ3n) is 7.03. The largest absolute Gasteiger partial charge is 0.399 e. The van der Waals surface area contributed by atoms with E-state index in [2.05, 4.69) is 10.3 Å². The Hall–Kier alpha value is -3.54. The average Bonchev–Trinajstić information content (AvgIpc) is 3.20. The van der Waals surface area contributed by atoms with Gasteiger partial charge in [-0.3, -0.25) is 14.5 Å². The van der Waals surface area contributed by atoms with Crippen molar-refractivity contribution in [1.82, 2.24) is 24.7 Å². The molecule has 12 heteroatoms. The van der Waals surface area contributed by atoms with Crippen molar-refractivity contribution in [2.75, 3.05) is 39.6 Å². The summed E-state index contributed by atoms with van der Waals surface area (Å²) in [6.45, 7) is 1.37. The van der Waals surface area contributed by atoms with Gasteiger partial charge in [0.1, 0.15) is 17.2 Å². The van der Waals surface area contributed by atoms with Gasteiger partial charge in [-0.15, -0.1) is 0 Å². The Morgan fingerprint density at radius 2 is 1.82 bits per heavy atom. The van der Waals surface area contributed by atoms with Crippen molar-refractivity contribution in [3.05, 3.63) is 81.4 Å². The van der Waals surface area contributed by atoms with E-state index in [-0.39, 0.29) is 48.4 Å². The lowest BCUT2D eigenvalue weighted by molar-refractivity contribution is -0.163. The predicted molar refractivity (Wildman–Crippen MR) is 137 cm³/mol. The number of nitrogens with one attached hydrogen (secondary N) is 1. The Balaban J connectivity index is 1.39. The second-order valence-electron chi connectivity index (χ2n) is 9.71. The monoisotopic (exact) mass is 544 g/mol. The Kier molecular flexibility index (Phi) is 6.84. The molecule has 0 aliphatic carbocycles. The number of nitrogens with zero attached hydrogens (tertiary/aromatic N) is 4. The zero-order valence-corrected chi connectivity index (χ0v) is 21.7. The number of carbonyl (C=O) groups is 2. The van der Waals surface area contributed by atoms with Gasteiger partial charge in [0.15, 0.2) is 5.15 Å². The number of rotatable bonds is 6. The fraction of sp³-hybridized carbons (Fsp3) is 0.346. The van der Waals surface area contributed by atoms with E-state index in [1.807, 2.05) is 17.0 Å². The smallest absolute Gasteiger partial charge is 0.287 e. The summed E-state index contributed by atoms with van der Waals surface area (Å²) in [5.74, 6) is -2.33. The van der Waals surface area contributed by atoms with Gasteiger partial charge in [-0.25, -0.2) is 13.8 Å². The van der Waals surface area contributed by atoms with E-state index in [0.717, 1.165) is 17.7 Å². The molecule has 1 aromatic heterocycles. The van der Waals surface area contributed by atoms with Gasteiger partial charge >= 0.3 is 0 Å². The zero-order valence-electron chi connectivity index (χ0n) is 20.9. The van der Waals surface area contributed by atoms with Crippen LogP contribution < -0.4 is 11.1 Å². The van der Waals surface area contributed by atoms with E-state index >= 15 is 8.78 Å². The number of imidazole rings is 1. The summed E-state index contributed by atoms with van der Waals surface area (Å²) >= 11 is 6.56. The molecule has 0 radical (unpaired) electrons. The summed E-state index contributed by atoms with van der Waals surface area (Å²) in [5.41, 5.74) is 6.78. The molecule has 200 valence electrons. The fourth-order valence-electron chi connectivity index (χ4n) is 4.91. The maximum atomic E-state index is 15.0. The number of anilines is 1. The molecular weight excluding hydrogens is 518 g/mol. The summed E-state index contributed by atoms with van der Waals surface area (Å²) in [4.78, 5) is 32.7. The maximum Gasteiger partial charge on any atom is 0.287 e. The lowest BCUT2D eigenvalue weighted by atomic mass is 9.88. The molecule has 0 unspecified atom stereocenters. The minimum Gasteiger partial charge on any atom is -0.399 e. The zero-order chi connectivity index (χ0) is 27.2. The highest BCUT2D eigenvalue weighted by atomic mass is 35.5. The third kappa shape index (κ3) is 4.50. The highest BCUT2D eigenvalue weighted by molar-refractivity contribution is 6.30. The molecule has 2 aromatic carbocycles. The summed E-state index contributed by atoms with van der Waals surface area (Å²) in [5, 5.41) is 3.00. The first-order chi connectivity index (χ1) is 18.1. The Morgan fingerprint density at radius 1 is 1.16 bits per heavy atom. The van der Waals surface area contributed by atoms with Crippen molar-refractivity contribution in [2.45, 2.75) is 25.2 Å². The normalized spacial score (nSPS) is 16.1. The molecule has 0 bridgehead atoms. The van der Waals surface area contributed by atoms with Crippen LogP contribution in [0.25, 0.3) is 0 Å². The fourth-order valence-corrected chi connectivity index (χ4v) is 5.27. The number of benzene rings is 2. The lowest BCUT2D eigenvalue weighted by Gasteiger charge is -2.52. The molecule has 1 fully saturated rings. The SMILES string of the molecule is CN(C)C(=O)c1cc(F)c(CN2CCn3c(C(=O)NCc4ccc(N)cc4)nc(Cl)c3C23COC3)c(F)c1. The van der Waals surface area contributed by atoms with E-state index in [0.29, 0.717) is 24.5 Å². The third-order valence-corrected chi connectivity index (χ3v) is 7.29. The molecular formula is C26H27ClF2N6O3. The van der Waals surface area contributed by atoms with E-state index in [1.54, 1.807) is 16.7 Å². The molecule has 3 aromatic rings. The highest BCUT2D eigenvalue weighted by Crippen LogP contribution is 2.43. The summed E-state index contributed by atoms with van der Waals surface area (Å²) < 4.78 is 37.3. The maximum absolute atomic E-state index is 15.0. The number of aromatic nitrogens is 2. The van der Waals surface area contributed by atoms with Crippen molar-refractivity contribution < 1.29 is 23.1 Å². The lowest BCUT2D eigenvalue weighted by Crippen LogP contribution is -2.63. The van der Waals surface area contributed by atoms with Gasteiger partial charge in [-0.05, 0) is 29.8 Å². The first-order valence-corrected chi connectivity index (χ1v) is 12.4. The molecule has 2 amide bonds. The molecule has 0 atom stereocenters. The average molecular weight is 545 g/mol. The van der Waals surface area contributed by atoms with Crippen LogP contribution in [-0.2, 0) is 29.9 Å². The number of ether oxygens (including phenoxy) is 1. The number of hydrogen-bond donors (Lipinski definition) is 2. The number of nitrogen functional groups attached to an aromatic ring is 1. The summed E-state index contributed by atoms with van der Waals surface area (Å²) in [7, 11) is 3.03. The number of fused-ring (bicyclic) bond motifs is 2. The number of hydrogen-bond acceptors (Lipinski definition) is 6. The van der Waals surface area contributed by atoms with Gasteiger partial charge < -0.3 is 25.3 Å². The number of nitrogens with two attached hydrogens (primary N) is 1. The standard InChI is InChI=1S/C26H27ClF2N6O3/c1-33(2)25(37)16-9-19(28)18(20(29)10-16)12-34-7-8-35-21(26(34)13-38-14-26)22(27)32-23(35)24(36)31-11-15-3-5-17(30)6-4-15/h3-6,9-10H,7-8,11-14,30H2,1-2H3,(H,31,36). The van der Waals surface area contributed by atoms with Gasteiger partial charge in [0, 0.05) is 57.1 Å². The van der Waals surface area contributed by atoms with Crippen LogP contribution in [0.3, 0.4) is 0 Å². The minimum absolute atomic E-state index is 0.0650. The van der Waals surface area contributed by atoms with E-state index in [4.69, 9.17) is 22.1 Å². The molecule has 3 heterocycles. The second kappa shape index (κ2) is 9.97. The van der Waals surface area contributed by atoms with Crippen LogP contribution in [0.15, 0.2) is 36.4 Å². The minimum atomic E-state index is -0.807. The molecule has 38 heavy (non-hydrogen) atoms. The van der Waals surface area contributed by atoms with Gasteiger partial charge in [-0.2, -0.15) is 0 Å². The molecule has 0 saturated carbocycles. The van der Waals surface area contributed by atoms with Crippen LogP contribution in [0.2, 0.25) is 5.15 Å². The van der Waals surface area contributed by atoms with Crippen LogP contribution in [0, 0.1) is 11.6 Å². The van der Waals surface area contributed by atoms with Crippen LogP contribution in [-0.4, -0.2) is 65.0 Å². The molecule has 2 aliphatic heterocycles. The first kappa shape index (κ1) is 26.1. The van der Waals surface area contributed by atoms with Crippen molar-refractivity contribution in [2.24, 2.45) is 0 Å². The molecule has 5 rings (SSSR count).